The molecule has 2 aliphatic heterocycles. The van der Waals surface area contributed by atoms with Gasteiger partial charge in [0.2, 0.25) is 0 Å². The van der Waals surface area contributed by atoms with Gasteiger partial charge in [-0.05, 0) is 87.2 Å². The van der Waals surface area contributed by atoms with Crippen molar-refractivity contribution in [1.82, 2.24) is 39.8 Å². The summed E-state index contributed by atoms with van der Waals surface area (Å²) in [5, 5.41) is 32.4. The molecule has 0 saturated carbocycles. The zero-order valence-electron chi connectivity index (χ0n) is 40.7. The van der Waals surface area contributed by atoms with Crippen molar-refractivity contribution in [2.75, 3.05) is 75.8 Å². The van der Waals surface area contributed by atoms with Gasteiger partial charge in [0.1, 0.15) is 0 Å². The van der Waals surface area contributed by atoms with Crippen LogP contribution in [0.25, 0.3) is 0 Å². The van der Waals surface area contributed by atoms with E-state index in [2.05, 4.69) is 68.1 Å². The molecule has 2 aromatic heterocycles. The topological polar surface area (TPSA) is 266 Å². The predicted molar refractivity (Wildman–Crippen MR) is 235 cm³/mol. The number of ether oxygens (including phenoxy) is 6. The molecule has 372 valence electrons. The third-order valence-corrected chi connectivity index (χ3v) is 10.4. The van der Waals surface area contributed by atoms with Gasteiger partial charge in [-0.15, -0.1) is 10.2 Å². The summed E-state index contributed by atoms with van der Waals surface area (Å²) in [7, 11) is 12.5. The van der Waals surface area contributed by atoms with E-state index in [4.69, 9.17) is 24.1 Å². The molecule has 0 amide bonds. The van der Waals surface area contributed by atoms with E-state index in [-0.39, 0.29) is 31.7 Å². The summed E-state index contributed by atoms with van der Waals surface area (Å²) >= 11 is 0. The van der Waals surface area contributed by atoms with Crippen LogP contribution < -0.4 is 0 Å². The molecule has 2 N–H and O–H groups in total. The molecule has 2 aliphatic rings. The van der Waals surface area contributed by atoms with Crippen molar-refractivity contribution in [3.05, 3.63) is 24.8 Å². The summed E-state index contributed by atoms with van der Waals surface area (Å²) in [5.74, 6) is -9.02. The SMILES string of the molecule is CCC(OC)C1C(=O)OC(=O)C1C.CCO.CCOC(=O)C(CC(OC)C1C(=O)OC(=O)C1C)C(C(=O)O)C(CC)OC.CN(C)CCCn1ccnn1.CN(C)CCCn1ccnn1. The number of hydrogen-bond acceptors (Lipinski definition) is 19. The minimum atomic E-state index is -1.21. The zero-order chi connectivity index (χ0) is 49.6. The van der Waals surface area contributed by atoms with Crippen LogP contribution in [0.2, 0.25) is 0 Å². The highest BCUT2D eigenvalue weighted by Gasteiger charge is 2.50. The lowest BCUT2D eigenvalue weighted by molar-refractivity contribution is -0.166. The first-order valence-electron chi connectivity index (χ1n) is 21.9. The van der Waals surface area contributed by atoms with E-state index >= 15 is 0 Å². The second-order valence-electron chi connectivity index (χ2n) is 15.7. The summed E-state index contributed by atoms with van der Waals surface area (Å²) in [6.45, 7) is 14.6. The number of aliphatic hydroxyl groups excluding tert-OH is 1. The number of aliphatic carboxylic acids is 1. The molecule has 0 bridgehead atoms. The quantitative estimate of drug-likeness (QED) is 0.0974. The maximum Gasteiger partial charge on any atom is 0.320 e. The Morgan fingerprint density at radius 2 is 1.15 bits per heavy atom. The van der Waals surface area contributed by atoms with Crippen LogP contribution >= 0.6 is 0 Å². The van der Waals surface area contributed by atoms with E-state index in [1.54, 1.807) is 40.1 Å². The molecule has 0 aliphatic carbocycles. The van der Waals surface area contributed by atoms with Crippen molar-refractivity contribution in [2.24, 2.45) is 35.5 Å². The summed E-state index contributed by atoms with van der Waals surface area (Å²) in [6, 6.07) is 0. The van der Waals surface area contributed by atoms with Gasteiger partial charge in [0.25, 0.3) is 0 Å². The van der Waals surface area contributed by atoms with Crippen LogP contribution in [0.15, 0.2) is 24.8 Å². The number of rotatable bonds is 22. The van der Waals surface area contributed by atoms with E-state index in [0.29, 0.717) is 12.8 Å². The Bertz CT molecular complexity index is 1580. The van der Waals surface area contributed by atoms with Crippen molar-refractivity contribution in [3.63, 3.8) is 0 Å². The molecular formula is C43H76N8O14. The Balaban J connectivity index is 0.000000896. The Labute approximate surface area is 383 Å². The minimum Gasteiger partial charge on any atom is -0.481 e. The number of aromatic nitrogens is 6. The summed E-state index contributed by atoms with van der Waals surface area (Å²) < 4.78 is 33.7. The van der Waals surface area contributed by atoms with Gasteiger partial charge in [-0.2, -0.15) is 0 Å². The fourth-order valence-electron chi connectivity index (χ4n) is 6.97. The molecular weight excluding hydrogens is 853 g/mol. The zero-order valence-corrected chi connectivity index (χ0v) is 40.7. The highest BCUT2D eigenvalue weighted by Crippen LogP contribution is 2.35. The smallest absolute Gasteiger partial charge is 0.320 e. The number of carbonyl (C=O) groups is 6. The van der Waals surface area contributed by atoms with Crippen molar-refractivity contribution >= 4 is 35.8 Å². The van der Waals surface area contributed by atoms with Gasteiger partial charge < -0.3 is 48.4 Å². The molecule has 4 rings (SSSR count). The maximum absolute atomic E-state index is 12.5. The van der Waals surface area contributed by atoms with E-state index in [1.165, 1.54) is 28.3 Å². The molecule has 0 spiro atoms. The minimum absolute atomic E-state index is 0.0729. The molecule has 22 heteroatoms. The molecule has 4 heterocycles. The third kappa shape index (κ3) is 21.9. The molecule has 9 atom stereocenters. The molecule has 2 saturated heterocycles. The Kier molecular flexibility index (Phi) is 31.2. The molecule has 0 aromatic carbocycles. The Morgan fingerprint density at radius 1 is 0.723 bits per heavy atom. The van der Waals surface area contributed by atoms with Gasteiger partial charge in [-0.25, -0.2) is 0 Å². The van der Waals surface area contributed by atoms with E-state index in [0.717, 1.165) is 39.0 Å². The standard InChI is InChI=1S/C18H28O9.C9H14O4.2C7H14N4.C2H6O/c1-6-11(24-4)14(15(19)20)10(17(22)26-7-2)8-12(25-5)13-9(3)16(21)27-18(13)23;1-4-6(12-3)7-5(2)8(10)13-9(7)11;2*1-10(2)5-3-6-11-7-4-8-9-11;1-2-3/h9-14H,6-8H2,1-5H3,(H,19,20);5-7H,4H2,1-3H3;2*4,7H,3,5-6H2,1-2H3;3H,2H2,1H3. The number of hydrogen-bond donors (Lipinski definition) is 2. The van der Waals surface area contributed by atoms with Crippen LogP contribution in [0.3, 0.4) is 0 Å². The van der Waals surface area contributed by atoms with Gasteiger partial charge in [0.15, 0.2) is 0 Å². The number of carboxylic acids is 1. The van der Waals surface area contributed by atoms with Crippen molar-refractivity contribution < 1.29 is 67.4 Å². The highest BCUT2D eigenvalue weighted by molar-refractivity contribution is 5.97. The fraction of sp³-hybridized carbons (Fsp3) is 0.767. The number of nitrogens with zero attached hydrogens (tertiary/aromatic N) is 8. The number of carbonyl (C=O) groups excluding carboxylic acids is 5. The number of esters is 5. The van der Waals surface area contributed by atoms with Gasteiger partial charge in [0, 0.05) is 53.4 Å². The van der Waals surface area contributed by atoms with E-state index in [1.807, 2.05) is 28.7 Å². The summed E-state index contributed by atoms with van der Waals surface area (Å²) in [4.78, 5) is 74.8. The van der Waals surface area contributed by atoms with Crippen LogP contribution in [0.1, 0.15) is 73.6 Å². The molecule has 2 fully saturated rings. The molecule has 22 nitrogen and oxygen atoms in total. The van der Waals surface area contributed by atoms with Crippen LogP contribution in [0.5, 0.6) is 0 Å². The average molecular weight is 929 g/mol. The van der Waals surface area contributed by atoms with Crippen molar-refractivity contribution in [1.29, 1.82) is 0 Å². The first kappa shape index (κ1) is 60.3. The second-order valence-corrected chi connectivity index (χ2v) is 15.7. The van der Waals surface area contributed by atoms with E-state index in [9.17, 15) is 33.9 Å². The maximum atomic E-state index is 12.5. The Morgan fingerprint density at radius 3 is 1.43 bits per heavy atom. The number of aryl methyl sites for hydroxylation is 2. The number of carboxylic acid groups (broad SMARTS) is 1. The molecule has 0 radical (unpaired) electrons. The van der Waals surface area contributed by atoms with Crippen molar-refractivity contribution in [3.8, 4) is 0 Å². The third-order valence-electron chi connectivity index (χ3n) is 10.4. The first-order valence-corrected chi connectivity index (χ1v) is 21.9. The lowest BCUT2D eigenvalue weighted by Gasteiger charge is -2.31. The van der Waals surface area contributed by atoms with Gasteiger partial charge in [0.05, 0.1) is 72.8 Å². The number of aliphatic hydroxyl groups is 1. The fourth-order valence-corrected chi connectivity index (χ4v) is 6.97. The van der Waals surface area contributed by atoms with Crippen LogP contribution in [0, 0.1) is 35.5 Å². The highest BCUT2D eigenvalue weighted by atomic mass is 16.6. The molecule has 2 aromatic rings. The van der Waals surface area contributed by atoms with Gasteiger partial charge in [-0.1, -0.05) is 38.1 Å². The van der Waals surface area contributed by atoms with E-state index < -0.39 is 77.6 Å². The monoisotopic (exact) mass is 929 g/mol. The van der Waals surface area contributed by atoms with Crippen LogP contribution in [0.4, 0.5) is 0 Å². The van der Waals surface area contributed by atoms with Crippen LogP contribution in [-0.2, 0) is 70.3 Å². The molecule has 65 heavy (non-hydrogen) atoms. The van der Waals surface area contributed by atoms with Crippen LogP contribution in [-0.4, -0.2) is 180 Å². The molecule has 9 unspecified atom stereocenters. The lowest BCUT2D eigenvalue weighted by Crippen LogP contribution is -2.44. The summed E-state index contributed by atoms with van der Waals surface area (Å²) in [6.07, 6.45) is 8.53. The number of cyclic esters (lactones) is 4. The second kappa shape index (κ2) is 33.7. The van der Waals surface area contributed by atoms with Gasteiger partial charge in [-0.3, -0.25) is 38.1 Å². The van der Waals surface area contributed by atoms with Gasteiger partial charge >= 0.3 is 35.8 Å². The Hall–Kier alpha value is -4.74. The largest absolute Gasteiger partial charge is 0.481 e. The number of methoxy groups -OCH3 is 3. The lowest BCUT2D eigenvalue weighted by atomic mass is 9.78. The summed E-state index contributed by atoms with van der Waals surface area (Å²) in [5.41, 5.74) is 0. The normalized spacial score (nSPS) is 20.0. The average Bonchev–Trinajstić information content (AvgIpc) is 4.07. The van der Waals surface area contributed by atoms with Crippen molar-refractivity contribution in [2.45, 2.75) is 105 Å². The first-order chi connectivity index (χ1) is 30.8. The predicted octanol–water partition coefficient (Wildman–Crippen LogP) is 2.24.